The zero-order valence-electron chi connectivity index (χ0n) is 23.4. The largest absolute Gasteiger partial charge is 0.481 e. The molecule has 220 valence electrons. The fraction of sp³-hybridized carbons (Fsp3) is 0.300. The van der Waals surface area contributed by atoms with E-state index in [4.69, 9.17) is 0 Å². The molecule has 0 aliphatic rings. The number of aryl methyl sites for hydroxylation is 2. The number of aliphatic carboxylic acids is 1. The summed E-state index contributed by atoms with van der Waals surface area (Å²) in [7, 11) is 0. The van der Waals surface area contributed by atoms with Gasteiger partial charge < -0.3 is 15.7 Å². The van der Waals surface area contributed by atoms with Gasteiger partial charge in [0.2, 0.25) is 5.91 Å². The fourth-order valence-electron chi connectivity index (χ4n) is 5.01. The van der Waals surface area contributed by atoms with Crippen LogP contribution < -0.4 is 10.6 Å². The Kier molecular flexibility index (Phi) is 8.93. The molecule has 0 fully saturated rings. The summed E-state index contributed by atoms with van der Waals surface area (Å²) in [5, 5.41) is 18.8. The molecule has 3 N–H and O–H groups in total. The molecule has 4 rings (SSSR count). The van der Waals surface area contributed by atoms with E-state index in [1.165, 1.54) is 35.1 Å². The van der Waals surface area contributed by atoms with Gasteiger partial charge in [0.15, 0.2) is 17.3 Å². The molecule has 0 radical (unpaired) electrons. The van der Waals surface area contributed by atoms with Gasteiger partial charge in [0.25, 0.3) is 5.91 Å². The van der Waals surface area contributed by atoms with E-state index < -0.39 is 59.3 Å². The molecule has 9 nitrogen and oxygen atoms in total. The van der Waals surface area contributed by atoms with Gasteiger partial charge in [-0.1, -0.05) is 19.9 Å². The number of carbonyl (C=O) groups excluding carboxylic acids is 2. The number of nitrogens with one attached hydrogen (secondary N) is 2. The minimum Gasteiger partial charge on any atom is -0.481 e. The first-order valence-corrected chi connectivity index (χ1v) is 13.2. The second-order valence-corrected chi connectivity index (χ2v) is 10.5. The number of carbonyl (C=O) groups is 3. The molecule has 0 bridgehead atoms. The highest BCUT2D eigenvalue weighted by Crippen LogP contribution is 2.33. The molecule has 2 heterocycles. The van der Waals surface area contributed by atoms with Crippen molar-refractivity contribution < 1.29 is 32.7 Å². The molecular formula is C30H30F3N5O4. The first kappa shape index (κ1) is 30.2. The van der Waals surface area contributed by atoms with Gasteiger partial charge in [-0.05, 0) is 84.8 Å². The molecule has 42 heavy (non-hydrogen) atoms. The molecule has 12 heteroatoms. The lowest BCUT2D eigenvalue weighted by Gasteiger charge is -2.25. The number of benzene rings is 2. The highest BCUT2D eigenvalue weighted by Gasteiger charge is 2.30. The summed E-state index contributed by atoms with van der Waals surface area (Å²) in [5.74, 6) is -5.96. The highest BCUT2D eigenvalue weighted by atomic mass is 19.2. The van der Waals surface area contributed by atoms with Gasteiger partial charge in [0.05, 0.1) is 12.5 Å². The number of fused-ring (bicyclic) bond motifs is 1. The summed E-state index contributed by atoms with van der Waals surface area (Å²) in [4.78, 5) is 42.5. The molecule has 2 aromatic heterocycles. The number of halogens is 3. The zero-order chi connectivity index (χ0) is 30.7. The minimum atomic E-state index is -1.49. The van der Waals surface area contributed by atoms with Crippen molar-refractivity contribution in [2.24, 2.45) is 5.92 Å². The van der Waals surface area contributed by atoms with Crippen molar-refractivity contribution in [1.82, 2.24) is 25.2 Å². The van der Waals surface area contributed by atoms with Gasteiger partial charge in [-0.15, -0.1) is 0 Å². The molecule has 2 atom stereocenters. The van der Waals surface area contributed by atoms with Gasteiger partial charge in [0, 0.05) is 5.56 Å². The van der Waals surface area contributed by atoms with Crippen molar-refractivity contribution >= 4 is 23.4 Å². The number of aromatic nitrogens is 3. The molecule has 1 unspecified atom stereocenters. The Morgan fingerprint density at radius 2 is 1.69 bits per heavy atom. The number of amides is 2. The average molecular weight is 582 g/mol. The number of hydrogen-bond acceptors (Lipinski definition) is 5. The van der Waals surface area contributed by atoms with E-state index in [-0.39, 0.29) is 23.6 Å². The van der Waals surface area contributed by atoms with E-state index in [0.717, 1.165) is 6.07 Å². The van der Waals surface area contributed by atoms with E-state index in [9.17, 15) is 28.3 Å². The molecule has 0 saturated carbocycles. The van der Waals surface area contributed by atoms with Crippen LogP contribution >= 0.6 is 0 Å². The fourth-order valence-corrected chi connectivity index (χ4v) is 5.01. The average Bonchev–Trinajstić information content (AvgIpc) is 3.37. The third-order valence-corrected chi connectivity index (χ3v) is 6.78. The third-order valence-electron chi connectivity index (χ3n) is 6.78. The Bertz CT molecular complexity index is 1650. The number of hydrogen-bond donors (Lipinski definition) is 3. The van der Waals surface area contributed by atoms with Crippen LogP contribution in [0.25, 0.3) is 16.8 Å². The quantitative estimate of drug-likeness (QED) is 0.245. The lowest BCUT2D eigenvalue weighted by Crippen LogP contribution is -2.49. The lowest BCUT2D eigenvalue weighted by atomic mass is 9.91. The van der Waals surface area contributed by atoms with E-state index in [0.29, 0.717) is 22.3 Å². The Morgan fingerprint density at radius 3 is 2.33 bits per heavy atom. The van der Waals surface area contributed by atoms with Crippen LogP contribution in [0.15, 0.2) is 48.8 Å². The van der Waals surface area contributed by atoms with Crippen LogP contribution in [-0.4, -0.2) is 43.5 Å². The molecule has 0 aliphatic heterocycles. The predicted molar refractivity (Wildman–Crippen MR) is 148 cm³/mol. The van der Waals surface area contributed by atoms with Crippen molar-refractivity contribution in [2.75, 3.05) is 0 Å². The Labute approximate surface area is 239 Å². The van der Waals surface area contributed by atoms with E-state index in [1.54, 1.807) is 26.0 Å². The Morgan fingerprint density at radius 1 is 1.00 bits per heavy atom. The van der Waals surface area contributed by atoms with Gasteiger partial charge in [-0.25, -0.2) is 22.7 Å². The number of carboxylic acid groups (broad SMARTS) is 1. The molecule has 0 aliphatic carbocycles. The van der Waals surface area contributed by atoms with E-state index in [1.807, 2.05) is 13.8 Å². The molecule has 2 amide bonds. The van der Waals surface area contributed by atoms with Crippen molar-refractivity contribution in [3.8, 4) is 11.1 Å². The number of pyridine rings is 1. The zero-order valence-corrected chi connectivity index (χ0v) is 23.4. The monoisotopic (exact) mass is 581 g/mol. The van der Waals surface area contributed by atoms with Gasteiger partial charge in [-0.2, -0.15) is 5.10 Å². The second-order valence-electron chi connectivity index (χ2n) is 10.5. The SMILES string of the molecule is Cc1cc(F)cc(C)c1-c1cc(F)c(F)c(C(CC(=O)O)NC(=O)[C@H](CC(C)C)NC(=O)c2cccc3ncnn23)c1. The predicted octanol–water partition coefficient (Wildman–Crippen LogP) is 4.91. The smallest absolute Gasteiger partial charge is 0.305 e. The normalized spacial score (nSPS) is 12.8. The Hall–Kier alpha value is -4.74. The maximum absolute atomic E-state index is 15.2. The standard InChI is InChI=1S/C30H30F3N5O4/c1-15(2)8-23(37-30(42)24-6-5-7-25-34-14-35-38(24)25)29(41)36-22(13-26(39)40)20-11-18(12-21(32)28(20)33)27-16(3)9-19(31)10-17(27)4/h5-7,9-12,14-15,22-23H,8,13H2,1-4H3,(H,36,41)(H,37,42)(H,39,40)/t22?,23-/m0/s1. The summed E-state index contributed by atoms with van der Waals surface area (Å²) >= 11 is 0. The minimum absolute atomic E-state index is 0.0805. The van der Waals surface area contributed by atoms with Crippen LogP contribution in [0.3, 0.4) is 0 Å². The van der Waals surface area contributed by atoms with Crippen LogP contribution in [0.1, 0.15) is 59.9 Å². The summed E-state index contributed by atoms with van der Waals surface area (Å²) in [6.45, 7) is 6.88. The number of nitrogens with zero attached hydrogens (tertiary/aromatic N) is 3. The molecule has 0 saturated heterocycles. The van der Waals surface area contributed by atoms with Crippen LogP contribution in [0, 0.1) is 37.2 Å². The Balaban J connectivity index is 1.69. The maximum atomic E-state index is 15.2. The number of rotatable bonds is 10. The number of carboxylic acids is 1. The van der Waals surface area contributed by atoms with E-state index in [2.05, 4.69) is 20.7 Å². The molecular weight excluding hydrogens is 551 g/mol. The first-order valence-electron chi connectivity index (χ1n) is 13.2. The molecule has 4 aromatic rings. The first-order chi connectivity index (χ1) is 19.8. The lowest BCUT2D eigenvalue weighted by molar-refractivity contribution is -0.137. The van der Waals surface area contributed by atoms with Gasteiger partial charge in [-0.3, -0.25) is 14.4 Å². The molecule has 2 aromatic carbocycles. The van der Waals surface area contributed by atoms with Crippen molar-refractivity contribution in [3.63, 3.8) is 0 Å². The summed E-state index contributed by atoms with van der Waals surface area (Å²) < 4.78 is 45.3. The van der Waals surface area contributed by atoms with Gasteiger partial charge >= 0.3 is 5.97 Å². The van der Waals surface area contributed by atoms with Crippen LogP contribution in [-0.2, 0) is 9.59 Å². The van der Waals surface area contributed by atoms with E-state index >= 15 is 4.39 Å². The van der Waals surface area contributed by atoms with Crippen molar-refractivity contribution in [1.29, 1.82) is 0 Å². The highest BCUT2D eigenvalue weighted by molar-refractivity contribution is 5.96. The second kappa shape index (κ2) is 12.4. The summed E-state index contributed by atoms with van der Waals surface area (Å²) in [6, 6.07) is 6.80. The topological polar surface area (TPSA) is 126 Å². The third kappa shape index (κ3) is 6.59. The van der Waals surface area contributed by atoms with Crippen LogP contribution in [0.4, 0.5) is 13.2 Å². The van der Waals surface area contributed by atoms with Crippen molar-refractivity contribution in [3.05, 3.63) is 88.6 Å². The van der Waals surface area contributed by atoms with Gasteiger partial charge in [0.1, 0.15) is 23.9 Å². The van der Waals surface area contributed by atoms with Crippen molar-refractivity contribution in [2.45, 2.75) is 52.6 Å². The van der Waals surface area contributed by atoms with Crippen LogP contribution in [0.5, 0.6) is 0 Å². The maximum Gasteiger partial charge on any atom is 0.305 e. The van der Waals surface area contributed by atoms with Crippen LogP contribution in [0.2, 0.25) is 0 Å². The molecule has 0 spiro atoms. The summed E-state index contributed by atoms with van der Waals surface area (Å²) in [5.41, 5.74) is 1.69. The summed E-state index contributed by atoms with van der Waals surface area (Å²) in [6.07, 6.45) is 0.667.